The lowest BCUT2D eigenvalue weighted by atomic mass is 10.2. The molecule has 0 aromatic rings. The summed E-state index contributed by atoms with van der Waals surface area (Å²) >= 11 is 0. The van der Waals surface area contributed by atoms with Crippen molar-refractivity contribution in [2.24, 2.45) is 0 Å². The Morgan fingerprint density at radius 1 is 0.308 bits per heavy atom. The first-order valence-corrected chi connectivity index (χ1v) is 10.2. The molecule has 0 amide bonds. The van der Waals surface area contributed by atoms with Gasteiger partial charge >= 0.3 is 0 Å². The lowest BCUT2D eigenvalue weighted by Crippen LogP contribution is -2.05. The summed E-state index contributed by atoms with van der Waals surface area (Å²) < 4.78 is 32.1. The summed E-state index contributed by atoms with van der Waals surface area (Å²) in [5, 5.41) is 0. The Morgan fingerprint density at radius 2 is 0.577 bits per heavy atom. The van der Waals surface area contributed by atoms with Crippen molar-refractivity contribution in [3.63, 3.8) is 0 Å². The van der Waals surface area contributed by atoms with E-state index in [0.29, 0.717) is 0 Å². The molecule has 0 rings (SSSR count). The second kappa shape index (κ2) is 24.8. The Balaban J connectivity index is 2.95. The maximum Gasteiger partial charge on any atom is 0.0488 e. The molecule has 0 saturated heterocycles. The Labute approximate surface area is 160 Å². The molecule has 0 unspecified atom stereocenters. The molecule has 6 heteroatoms. The molecule has 0 fully saturated rings. The van der Waals surface area contributed by atoms with E-state index in [1.165, 1.54) is 12.8 Å². The van der Waals surface area contributed by atoms with Crippen molar-refractivity contribution >= 4 is 0 Å². The van der Waals surface area contributed by atoms with E-state index in [-0.39, 0.29) is 0 Å². The standard InChI is InChI=1S/C20H42O6/c1-21-11-7-15-25-19-9-17-23-13-5-3-4-6-14-24-18-10-20-26-16-8-12-22-2/h3-20H2,1-2H3. The van der Waals surface area contributed by atoms with Gasteiger partial charge in [-0.15, -0.1) is 0 Å². The van der Waals surface area contributed by atoms with E-state index >= 15 is 0 Å². The van der Waals surface area contributed by atoms with Crippen LogP contribution in [0.4, 0.5) is 0 Å². The summed E-state index contributed by atoms with van der Waals surface area (Å²) in [5.41, 5.74) is 0. The van der Waals surface area contributed by atoms with E-state index < -0.39 is 0 Å². The van der Waals surface area contributed by atoms with Crippen LogP contribution in [-0.4, -0.2) is 80.3 Å². The highest BCUT2D eigenvalue weighted by Gasteiger charge is 1.95. The molecular weight excluding hydrogens is 336 g/mol. The zero-order valence-electron chi connectivity index (χ0n) is 17.2. The summed E-state index contributed by atoms with van der Waals surface area (Å²) in [5.74, 6) is 0. The number of unbranched alkanes of at least 4 members (excludes halogenated alkanes) is 3. The summed E-state index contributed by atoms with van der Waals surface area (Å²) in [6, 6.07) is 0. The van der Waals surface area contributed by atoms with Crippen molar-refractivity contribution in [1.29, 1.82) is 0 Å². The number of ether oxygens (including phenoxy) is 6. The van der Waals surface area contributed by atoms with Gasteiger partial charge in [0.05, 0.1) is 0 Å². The monoisotopic (exact) mass is 378 g/mol. The number of hydrogen-bond donors (Lipinski definition) is 0. The fraction of sp³-hybridized carbons (Fsp3) is 1.00. The van der Waals surface area contributed by atoms with E-state index in [2.05, 4.69) is 0 Å². The molecule has 0 aliphatic heterocycles. The summed E-state index contributed by atoms with van der Waals surface area (Å²) in [7, 11) is 3.43. The molecule has 0 atom stereocenters. The van der Waals surface area contributed by atoms with Crippen LogP contribution in [0.5, 0.6) is 0 Å². The van der Waals surface area contributed by atoms with Crippen LogP contribution in [0.3, 0.4) is 0 Å². The highest BCUT2D eigenvalue weighted by Crippen LogP contribution is 2.01. The van der Waals surface area contributed by atoms with Crippen molar-refractivity contribution in [2.45, 2.75) is 51.4 Å². The van der Waals surface area contributed by atoms with Crippen LogP contribution in [-0.2, 0) is 28.4 Å². The van der Waals surface area contributed by atoms with E-state index in [0.717, 1.165) is 105 Å². The van der Waals surface area contributed by atoms with Crippen LogP contribution in [0.25, 0.3) is 0 Å². The van der Waals surface area contributed by atoms with Gasteiger partial charge in [-0.2, -0.15) is 0 Å². The zero-order valence-corrected chi connectivity index (χ0v) is 17.2. The lowest BCUT2D eigenvalue weighted by molar-refractivity contribution is 0.0676. The van der Waals surface area contributed by atoms with Gasteiger partial charge in [-0.1, -0.05) is 12.8 Å². The SMILES string of the molecule is COCCCOCCCOCCCCCCOCCCOCCCOC. The molecule has 0 aliphatic rings. The maximum absolute atomic E-state index is 5.61. The third-order valence-electron chi connectivity index (χ3n) is 3.76. The molecule has 0 spiro atoms. The van der Waals surface area contributed by atoms with Crippen LogP contribution in [0, 0.1) is 0 Å². The number of rotatable bonds is 23. The fourth-order valence-corrected chi connectivity index (χ4v) is 2.31. The van der Waals surface area contributed by atoms with E-state index in [4.69, 9.17) is 28.4 Å². The predicted molar refractivity (Wildman–Crippen MR) is 104 cm³/mol. The van der Waals surface area contributed by atoms with Crippen LogP contribution in [0.2, 0.25) is 0 Å². The van der Waals surface area contributed by atoms with Crippen LogP contribution >= 0.6 is 0 Å². The minimum atomic E-state index is 0.769. The predicted octanol–water partition coefficient (Wildman–Crippen LogP) is 3.47. The third-order valence-corrected chi connectivity index (χ3v) is 3.76. The van der Waals surface area contributed by atoms with Gasteiger partial charge in [0.2, 0.25) is 0 Å². The van der Waals surface area contributed by atoms with Gasteiger partial charge in [-0.25, -0.2) is 0 Å². The first kappa shape index (κ1) is 25.8. The normalized spacial score (nSPS) is 11.3. The first-order valence-electron chi connectivity index (χ1n) is 10.2. The highest BCUT2D eigenvalue weighted by atomic mass is 16.5. The molecule has 0 heterocycles. The second-order valence-corrected chi connectivity index (χ2v) is 6.26. The number of hydrogen-bond acceptors (Lipinski definition) is 6. The molecule has 0 saturated carbocycles. The molecule has 0 radical (unpaired) electrons. The van der Waals surface area contributed by atoms with Gasteiger partial charge in [-0.3, -0.25) is 0 Å². The second-order valence-electron chi connectivity index (χ2n) is 6.26. The Bertz CT molecular complexity index is 216. The van der Waals surface area contributed by atoms with Crippen LogP contribution in [0.1, 0.15) is 51.4 Å². The minimum Gasteiger partial charge on any atom is -0.385 e. The topological polar surface area (TPSA) is 55.4 Å². The van der Waals surface area contributed by atoms with Gasteiger partial charge < -0.3 is 28.4 Å². The molecule has 26 heavy (non-hydrogen) atoms. The quantitative estimate of drug-likeness (QED) is 0.254. The van der Waals surface area contributed by atoms with Crippen molar-refractivity contribution in [3.05, 3.63) is 0 Å². The van der Waals surface area contributed by atoms with Gasteiger partial charge in [0.15, 0.2) is 0 Å². The minimum absolute atomic E-state index is 0.769. The van der Waals surface area contributed by atoms with Gasteiger partial charge in [0.25, 0.3) is 0 Å². The zero-order chi connectivity index (χ0) is 19.0. The van der Waals surface area contributed by atoms with E-state index in [1.54, 1.807) is 14.2 Å². The van der Waals surface area contributed by atoms with Crippen LogP contribution in [0.15, 0.2) is 0 Å². The van der Waals surface area contributed by atoms with Crippen molar-refractivity contribution in [1.82, 2.24) is 0 Å². The fourth-order valence-electron chi connectivity index (χ4n) is 2.31. The van der Waals surface area contributed by atoms with Gasteiger partial charge in [0.1, 0.15) is 0 Å². The summed E-state index contributed by atoms with van der Waals surface area (Å²) in [6.45, 7) is 7.93. The van der Waals surface area contributed by atoms with Gasteiger partial charge in [-0.05, 0) is 38.5 Å². The molecule has 0 N–H and O–H groups in total. The molecule has 6 nitrogen and oxygen atoms in total. The highest BCUT2D eigenvalue weighted by molar-refractivity contribution is 4.44. The summed E-state index contributed by atoms with van der Waals surface area (Å²) in [4.78, 5) is 0. The average molecular weight is 379 g/mol. The smallest absolute Gasteiger partial charge is 0.0488 e. The average Bonchev–Trinajstić information content (AvgIpc) is 2.66. The van der Waals surface area contributed by atoms with E-state index in [1.807, 2.05) is 0 Å². The van der Waals surface area contributed by atoms with Gasteiger partial charge in [0, 0.05) is 80.3 Å². The van der Waals surface area contributed by atoms with Crippen molar-refractivity contribution in [3.8, 4) is 0 Å². The Hall–Kier alpha value is -0.240. The van der Waals surface area contributed by atoms with Crippen molar-refractivity contribution in [2.75, 3.05) is 80.3 Å². The van der Waals surface area contributed by atoms with E-state index in [9.17, 15) is 0 Å². The van der Waals surface area contributed by atoms with Crippen molar-refractivity contribution < 1.29 is 28.4 Å². The Kier molecular flexibility index (Phi) is 24.5. The largest absolute Gasteiger partial charge is 0.385 e. The molecule has 0 aromatic heterocycles. The summed E-state index contributed by atoms with van der Waals surface area (Å²) in [6.07, 6.45) is 8.54. The van der Waals surface area contributed by atoms with Crippen LogP contribution < -0.4 is 0 Å². The number of methoxy groups -OCH3 is 2. The molecular formula is C20H42O6. The third kappa shape index (κ3) is 23.8. The maximum atomic E-state index is 5.61. The first-order chi connectivity index (χ1) is 12.9. The Morgan fingerprint density at radius 3 is 0.885 bits per heavy atom. The molecule has 0 bridgehead atoms. The lowest BCUT2D eigenvalue weighted by Gasteiger charge is -2.07. The molecule has 0 aromatic carbocycles. The molecule has 0 aliphatic carbocycles. The molecule has 158 valence electrons.